The van der Waals surface area contributed by atoms with Crippen LogP contribution in [0.3, 0.4) is 0 Å². The summed E-state index contributed by atoms with van der Waals surface area (Å²) < 4.78 is 0. The van der Waals surface area contributed by atoms with Crippen LogP contribution in [0.15, 0.2) is 18.3 Å². The summed E-state index contributed by atoms with van der Waals surface area (Å²) in [6.45, 7) is 1.83. The number of imide groups is 1. The number of rotatable bonds is 2. The molecule has 2 rings (SSSR count). The van der Waals surface area contributed by atoms with Crippen LogP contribution in [0.25, 0.3) is 0 Å². The molecule has 1 aliphatic heterocycles. The van der Waals surface area contributed by atoms with Crippen molar-refractivity contribution in [3.05, 3.63) is 23.9 Å². The molecule has 1 fully saturated rings. The van der Waals surface area contributed by atoms with Crippen molar-refractivity contribution >= 4 is 23.6 Å². The minimum atomic E-state index is -1.12. The van der Waals surface area contributed by atoms with Crippen LogP contribution in [0.4, 0.5) is 5.82 Å². The first kappa shape index (κ1) is 12.2. The third-order valence-electron chi connectivity index (χ3n) is 2.77. The fraction of sp³-hybridized carbons (Fsp3) is 0.333. The molecular weight excluding hydrogens is 236 g/mol. The fourth-order valence-corrected chi connectivity index (χ4v) is 1.92. The average molecular weight is 248 g/mol. The van der Waals surface area contributed by atoms with Crippen LogP contribution >= 0.6 is 0 Å². The highest BCUT2D eigenvalue weighted by Gasteiger charge is 2.32. The predicted molar refractivity (Wildman–Crippen MR) is 62.1 cm³/mol. The predicted octanol–water partition coefficient (Wildman–Crippen LogP) is 1.07. The summed E-state index contributed by atoms with van der Waals surface area (Å²) in [5.41, 5.74) is -0.000720. The van der Waals surface area contributed by atoms with Gasteiger partial charge in [-0.15, -0.1) is 0 Å². The van der Waals surface area contributed by atoms with E-state index in [0.717, 1.165) is 4.90 Å². The van der Waals surface area contributed by atoms with Crippen molar-refractivity contribution in [2.75, 3.05) is 4.90 Å². The standard InChI is InChI=1S/C12H12N2O4/c1-7-4-10(15)14(11(16)5-7)9-6-8(12(17)18)2-3-13-9/h2-3,6-7H,4-5H2,1H3,(H,17,18). The van der Waals surface area contributed by atoms with Crippen molar-refractivity contribution in [1.29, 1.82) is 0 Å². The van der Waals surface area contributed by atoms with Crippen molar-refractivity contribution < 1.29 is 19.5 Å². The van der Waals surface area contributed by atoms with Crippen molar-refractivity contribution in [2.45, 2.75) is 19.8 Å². The number of carbonyl (C=O) groups is 3. The lowest BCUT2D eigenvalue weighted by atomic mass is 9.98. The third kappa shape index (κ3) is 2.22. The Kier molecular flexibility index (Phi) is 3.10. The number of pyridine rings is 1. The lowest BCUT2D eigenvalue weighted by molar-refractivity contribution is -0.130. The molecule has 6 nitrogen and oxygen atoms in total. The van der Waals surface area contributed by atoms with Crippen LogP contribution in [0.2, 0.25) is 0 Å². The molecule has 1 aromatic heterocycles. The Morgan fingerprint density at radius 3 is 2.56 bits per heavy atom. The molecule has 18 heavy (non-hydrogen) atoms. The molecule has 0 radical (unpaired) electrons. The topological polar surface area (TPSA) is 87.6 Å². The maximum Gasteiger partial charge on any atom is 0.335 e. The van der Waals surface area contributed by atoms with E-state index in [9.17, 15) is 14.4 Å². The number of nitrogens with zero attached hydrogens (tertiary/aromatic N) is 2. The van der Waals surface area contributed by atoms with Crippen molar-refractivity contribution in [3.8, 4) is 0 Å². The van der Waals surface area contributed by atoms with E-state index in [2.05, 4.69) is 4.98 Å². The number of carboxylic acids is 1. The van der Waals surface area contributed by atoms with Gasteiger partial charge in [0.05, 0.1) is 5.56 Å². The SMILES string of the molecule is CC1CC(=O)N(c2cc(C(=O)O)ccn2)C(=O)C1. The maximum atomic E-state index is 11.8. The number of amides is 2. The molecule has 0 atom stereocenters. The second kappa shape index (κ2) is 4.56. The second-order valence-electron chi connectivity index (χ2n) is 4.34. The number of carbonyl (C=O) groups excluding carboxylic acids is 2. The zero-order valence-corrected chi connectivity index (χ0v) is 9.79. The van der Waals surface area contributed by atoms with Crippen molar-refractivity contribution in [1.82, 2.24) is 4.98 Å². The number of aromatic nitrogens is 1. The van der Waals surface area contributed by atoms with E-state index in [1.165, 1.54) is 18.3 Å². The van der Waals surface area contributed by atoms with Crippen LogP contribution in [-0.2, 0) is 9.59 Å². The van der Waals surface area contributed by atoms with Gasteiger partial charge in [-0.25, -0.2) is 14.7 Å². The first-order valence-electron chi connectivity index (χ1n) is 5.54. The van der Waals surface area contributed by atoms with Gasteiger partial charge in [-0.3, -0.25) is 9.59 Å². The van der Waals surface area contributed by atoms with Crippen LogP contribution in [0.1, 0.15) is 30.1 Å². The van der Waals surface area contributed by atoms with Crippen molar-refractivity contribution in [3.63, 3.8) is 0 Å². The van der Waals surface area contributed by atoms with Gasteiger partial charge in [0.25, 0.3) is 0 Å². The van der Waals surface area contributed by atoms with E-state index in [1.807, 2.05) is 6.92 Å². The lowest BCUT2D eigenvalue weighted by Crippen LogP contribution is -2.43. The van der Waals surface area contributed by atoms with Gasteiger partial charge in [0.15, 0.2) is 0 Å². The average Bonchev–Trinajstić information content (AvgIpc) is 2.28. The fourth-order valence-electron chi connectivity index (χ4n) is 1.92. The maximum absolute atomic E-state index is 11.8. The molecule has 0 spiro atoms. The molecule has 1 N–H and O–H groups in total. The quantitative estimate of drug-likeness (QED) is 0.791. The molecule has 6 heteroatoms. The Labute approximate surface area is 103 Å². The van der Waals surface area contributed by atoms with E-state index in [0.29, 0.717) is 0 Å². The summed E-state index contributed by atoms with van der Waals surface area (Å²) in [7, 11) is 0. The largest absolute Gasteiger partial charge is 0.478 e. The Morgan fingerprint density at radius 2 is 2.00 bits per heavy atom. The van der Waals surface area contributed by atoms with Gasteiger partial charge >= 0.3 is 5.97 Å². The molecule has 2 heterocycles. The Morgan fingerprint density at radius 1 is 1.39 bits per heavy atom. The van der Waals surface area contributed by atoms with Crippen LogP contribution < -0.4 is 4.90 Å². The van der Waals surface area contributed by atoms with Gasteiger partial charge in [-0.1, -0.05) is 6.92 Å². The van der Waals surface area contributed by atoms with E-state index in [-0.39, 0.29) is 42.0 Å². The van der Waals surface area contributed by atoms with Gasteiger partial charge < -0.3 is 5.11 Å². The summed E-state index contributed by atoms with van der Waals surface area (Å²) in [5, 5.41) is 8.87. The Balaban J connectivity index is 2.36. The first-order valence-corrected chi connectivity index (χ1v) is 5.54. The number of hydrogen-bond acceptors (Lipinski definition) is 4. The number of piperidine rings is 1. The summed E-state index contributed by atoms with van der Waals surface area (Å²) >= 11 is 0. The highest BCUT2D eigenvalue weighted by atomic mass is 16.4. The van der Waals surface area contributed by atoms with E-state index in [4.69, 9.17) is 5.11 Å². The molecule has 0 aromatic carbocycles. The molecular formula is C12H12N2O4. The number of carboxylic acid groups (broad SMARTS) is 1. The number of anilines is 1. The zero-order valence-electron chi connectivity index (χ0n) is 9.79. The minimum Gasteiger partial charge on any atom is -0.478 e. The molecule has 2 amide bonds. The molecule has 0 saturated carbocycles. The van der Waals surface area contributed by atoms with Gasteiger partial charge in [-0.05, 0) is 18.1 Å². The second-order valence-corrected chi connectivity index (χ2v) is 4.34. The zero-order chi connectivity index (χ0) is 13.3. The number of aromatic carboxylic acids is 1. The lowest BCUT2D eigenvalue weighted by Gasteiger charge is -2.27. The van der Waals surface area contributed by atoms with Crippen molar-refractivity contribution in [2.24, 2.45) is 5.92 Å². The summed E-state index contributed by atoms with van der Waals surface area (Å²) in [6.07, 6.45) is 1.81. The minimum absolute atomic E-state index is 0.000720. The van der Waals surface area contributed by atoms with E-state index in [1.54, 1.807) is 0 Å². The molecule has 0 bridgehead atoms. The Bertz CT molecular complexity index is 509. The van der Waals surface area contributed by atoms with Crippen LogP contribution in [0, 0.1) is 5.92 Å². The summed E-state index contributed by atoms with van der Waals surface area (Å²) in [5.74, 6) is -1.70. The number of hydrogen-bond donors (Lipinski definition) is 1. The van der Waals surface area contributed by atoms with Crippen LogP contribution in [-0.4, -0.2) is 27.9 Å². The molecule has 1 aliphatic rings. The van der Waals surface area contributed by atoms with Crippen LogP contribution in [0.5, 0.6) is 0 Å². The molecule has 1 saturated heterocycles. The molecule has 1 aromatic rings. The molecule has 0 aliphatic carbocycles. The highest BCUT2D eigenvalue weighted by Crippen LogP contribution is 2.24. The summed E-state index contributed by atoms with van der Waals surface area (Å²) in [6, 6.07) is 2.54. The van der Waals surface area contributed by atoms with Gasteiger partial charge in [0.1, 0.15) is 5.82 Å². The molecule has 0 unspecified atom stereocenters. The molecule has 94 valence electrons. The van der Waals surface area contributed by atoms with Gasteiger partial charge in [-0.2, -0.15) is 0 Å². The Hall–Kier alpha value is -2.24. The highest BCUT2D eigenvalue weighted by molar-refractivity contribution is 6.16. The smallest absolute Gasteiger partial charge is 0.335 e. The van der Waals surface area contributed by atoms with Gasteiger partial charge in [0.2, 0.25) is 11.8 Å². The first-order chi connectivity index (χ1) is 8.49. The summed E-state index contributed by atoms with van der Waals surface area (Å²) in [4.78, 5) is 39.3. The normalized spacial score (nSPS) is 17.1. The third-order valence-corrected chi connectivity index (χ3v) is 2.77. The monoisotopic (exact) mass is 248 g/mol. The van der Waals surface area contributed by atoms with Gasteiger partial charge in [0, 0.05) is 19.0 Å². The van der Waals surface area contributed by atoms with E-state index >= 15 is 0 Å². The van der Waals surface area contributed by atoms with E-state index < -0.39 is 5.97 Å².